The highest BCUT2D eigenvalue weighted by Gasteiger charge is 2.28. The quantitative estimate of drug-likeness (QED) is 0.832. The van der Waals surface area contributed by atoms with Gasteiger partial charge in [-0.25, -0.2) is 0 Å². The van der Waals surface area contributed by atoms with E-state index in [0.29, 0.717) is 22.6 Å². The number of carbonyl (C=O) groups excluding carboxylic acids is 1. The Balaban J connectivity index is 1.74. The molecule has 2 aromatic rings. The molecular weight excluding hydrogens is 298 g/mol. The zero-order chi connectivity index (χ0) is 15.7. The highest BCUT2D eigenvalue weighted by atomic mass is 32.1. The summed E-state index contributed by atoms with van der Waals surface area (Å²) < 4.78 is 1.81. The van der Waals surface area contributed by atoms with Crippen LogP contribution in [0.3, 0.4) is 0 Å². The van der Waals surface area contributed by atoms with Crippen LogP contribution in [0.4, 0.5) is 0 Å². The first-order chi connectivity index (χ1) is 10.6. The number of nitrogens with zero attached hydrogens (tertiary/aromatic N) is 1. The van der Waals surface area contributed by atoms with Gasteiger partial charge in [0.05, 0.1) is 10.9 Å². The van der Waals surface area contributed by atoms with Crippen molar-refractivity contribution >= 4 is 29.0 Å². The first-order valence-corrected chi connectivity index (χ1v) is 7.98. The minimum atomic E-state index is -0.151. The summed E-state index contributed by atoms with van der Waals surface area (Å²) in [6.45, 7) is 2.33. The molecule has 1 aromatic heterocycles. The summed E-state index contributed by atoms with van der Waals surface area (Å²) in [5, 5.41) is 3.58. The molecule has 1 saturated carbocycles. The molecule has 22 heavy (non-hydrogen) atoms. The van der Waals surface area contributed by atoms with Crippen LogP contribution in [0.15, 0.2) is 29.1 Å². The average Bonchev–Trinajstić information content (AvgIpc) is 3.31. The number of H-pyrrole nitrogens is 1. The van der Waals surface area contributed by atoms with E-state index in [1.165, 1.54) is 17.4 Å². The molecular formula is C16H19N3O2S. The molecule has 0 radical (unpaired) electrons. The molecule has 1 unspecified atom stereocenters. The monoisotopic (exact) mass is 317 g/mol. The molecule has 0 saturated heterocycles. The third-order valence-corrected chi connectivity index (χ3v) is 4.49. The van der Waals surface area contributed by atoms with Gasteiger partial charge in [0, 0.05) is 19.0 Å². The van der Waals surface area contributed by atoms with Crippen LogP contribution >= 0.6 is 12.2 Å². The number of hydrogen-bond donors (Lipinski definition) is 2. The summed E-state index contributed by atoms with van der Waals surface area (Å²) in [6, 6.07) is 7.46. The maximum absolute atomic E-state index is 12.4. The van der Waals surface area contributed by atoms with Gasteiger partial charge in [0.1, 0.15) is 0 Å². The van der Waals surface area contributed by atoms with Gasteiger partial charge < -0.3 is 10.3 Å². The van der Waals surface area contributed by atoms with Crippen LogP contribution in [0.5, 0.6) is 0 Å². The van der Waals surface area contributed by atoms with Gasteiger partial charge in [0.15, 0.2) is 4.77 Å². The van der Waals surface area contributed by atoms with E-state index in [-0.39, 0.29) is 23.9 Å². The number of aromatic amines is 1. The van der Waals surface area contributed by atoms with Crippen LogP contribution < -0.4 is 10.9 Å². The second-order valence-electron chi connectivity index (χ2n) is 5.88. The largest absolute Gasteiger partial charge is 0.353 e. The van der Waals surface area contributed by atoms with Crippen molar-refractivity contribution in [2.24, 2.45) is 5.92 Å². The van der Waals surface area contributed by atoms with E-state index in [1.54, 1.807) is 6.07 Å². The summed E-state index contributed by atoms with van der Waals surface area (Å²) >= 11 is 5.23. The molecule has 1 aromatic carbocycles. The maximum atomic E-state index is 12.4. The molecule has 1 fully saturated rings. The molecule has 1 atom stereocenters. The number of amides is 1. The van der Waals surface area contributed by atoms with Crippen molar-refractivity contribution in [3.8, 4) is 0 Å². The molecule has 6 heteroatoms. The Hall–Kier alpha value is -1.95. The topological polar surface area (TPSA) is 66.9 Å². The Morgan fingerprint density at radius 1 is 1.45 bits per heavy atom. The molecule has 2 N–H and O–H groups in total. The van der Waals surface area contributed by atoms with Crippen molar-refractivity contribution in [3.05, 3.63) is 39.4 Å². The fourth-order valence-electron chi connectivity index (χ4n) is 2.66. The minimum Gasteiger partial charge on any atom is -0.353 e. The Labute approximate surface area is 133 Å². The normalized spacial score (nSPS) is 15.7. The number of rotatable bonds is 5. The summed E-state index contributed by atoms with van der Waals surface area (Å²) in [5.41, 5.74) is 0.572. The summed E-state index contributed by atoms with van der Waals surface area (Å²) in [4.78, 5) is 27.5. The van der Waals surface area contributed by atoms with E-state index in [1.807, 2.05) is 25.1 Å². The first kappa shape index (κ1) is 15.0. The van der Waals surface area contributed by atoms with Crippen molar-refractivity contribution in [1.82, 2.24) is 14.9 Å². The molecule has 0 spiro atoms. The van der Waals surface area contributed by atoms with Gasteiger partial charge in [-0.2, -0.15) is 0 Å². The Kier molecular flexibility index (Phi) is 4.11. The summed E-state index contributed by atoms with van der Waals surface area (Å²) in [7, 11) is 0. The Morgan fingerprint density at radius 2 is 2.18 bits per heavy atom. The van der Waals surface area contributed by atoms with Gasteiger partial charge in [-0.05, 0) is 50.0 Å². The van der Waals surface area contributed by atoms with Crippen molar-refractivity contribution in [2.45, 2.75) is 38.8 Å². The van der Waals surface area contributed by atoms with E-state index in [4.69, 9.17) is 12.2 Å². The predicted octanol–water partition coefficient (Wildman–Crippen LogP) is 2.36. The third-order valence-electron chi connectivity index (χ3n) is 4.17. The van der Waals surface area contributed by atoms with Crippen LogP contribution in [0.2, 0.25) is 0 Å². The minimum absolute atomic E-state index is 0.0335. The van der Waals surface area contributed by atoms with E-state index >= 15 is 0 Å². The highest BCUT2D eigenvalue weighted by molar-refractivity contribution is 7.71. The molecule has 1 heterocycles. The van der Waals surface area contributed by atoms with E-state index in [0.717, 1.165) is 5.52 Å². The molecule has 1 aliphatic rings. The van der Waals surface area contributed by atoms with Crippen LogP contribution in [-0.2, 0) is 11.3 Å². The van der Waals surface area contributed by atoms with Gasteiger partial charge in [0.25, 0.3) is 5.56 Å². The summed E-state index contributed by atoms with van der Waals surface area (Å²) in [6.07, 6.45) is 2.64. The molecule has 0 aliphatic heterocycles. The van der Waals surface area contributed by atoms with Gasteiger partial charge in [0.2, 0.25) is 5.91 Å². The average molecular weight is 317 g/mol. The maximum Gasteiger partial charge on any atom is 0.262 e. The van der Waals surface area contributed by atoms with Gasteiger partial charge in [-0.1, -0.05) is 12.1 Å². The molecule has 1 amide bonds. The lowest BCUT2D eigenvalue weighted by atomic mass is 10.2. The van der Waals surface area contributed by atoms with Crippen molar-refractivity contribution < 1.29 is 4.79 Å². The predicted molar refractivity (Wildman–Crippen MR) is 88.3 cm³/mol. The first-order valence-electron chi connectivity index (χ1n) is 7.57. The number of fused-ring (bicyclic) bond motifs is 1. The summed E-state index contributed by atoms with van der Waals surface area (Å²) in [5.74, 6) is 0.587. The third kappa shape index (κ3) is 3.11. The van der Waals surface area contributed by atoms with Crippen LogP contribution in [-0.4, -0.2) is 21.5 Å². The van der Waals surface area contributed by atoms with Crippen molar-refractivity contribution in [3.63, 3.8) is 0 Å². The lowest BCUT2D eigenvalue weighted by Crippen LogP contribution is -2.35. The number of nitrogens with one attached hydrogen (secondary N) is 2. The smallest absolute Gasteiger partial charge is 0.262 e. The second kappa shape index (κ2) is 6.04. The Morgan fingerprint density at radius 3 is 2.91 bits per heavy atom. The van der Waals surface area contributed by atoms with Crippen LogP contribution in [0, 0.1) is 10.7 Å². The van der Waals surface area contributed by atoms with Crippen LogP contribution in [0.1, 0.15) is 26.2 Å². The zero-order valence-corrected chi connectivity index (χ0v) is 13.3. The van der Waals surface area contributed by atoms with Gasteiger partial charge in [-0.3, -0.25) is 14.2 Å². The zero-order valence-electron chi connectivity index (χ0n) is 12.5. The van der Waals surface area contributed by atoms with E-state index in [2.05, 4.69) is 10.3 Å². The molecule has 116 valence electrons. The van der Waals surface area contributed by atoms with Crippen LogP contribution in [0.25, 0.3) is 10.9 Å². The number of carbonyl (C=O) groups is 1. The number of hydrogen-bond acceptors (Lipinski definition) is 3. The van der Waals surface area contributed by atoms with Crippen molar-refractivity contribution in [1.29, 1.82) is 0 Å². The SMILES string of the molecule is CC(NC(=O)CCn1c(=S)[nH]c2ccccc2c1=O)C1CC1. The van der Waals surface area contributed by atoms with E-state index in [9.17, 15) is 9.59 Å². The number of para-hydroxylation sites is 1. The fourth-order valence-corrected chi connectivity index (χ4v) is 2.94. The highest BCUT2D eigenvalue weighted by Crippen LogP contribution is 2.32. The molecule has 1 aliphatic carbocycles. The molecule has 5 nitrogen and oxygen atoms in total. The van der Waals surface area contributed by atoms with Gasteiger partial charge in [-0.15, -0.1) is 0 Å². The second-order valence-corrected chi connectivity index (χ2v) is 6.26. The van der Waals surface area contributed by atoms with Gasteiger partial charge >= 0.3 is 0 Å². The van der Waals surface area contributed by atoms with Crippen molar-refractivity contribution in [2.75, 3.05) is 0 Å². The molecule has 0 bridgehead atoms. The van der Waals surface area contributed by atoms with E-state index < -0.39 is 0 Å². The standard InChI is InChI=1S/C16H19N3O2S/c1-10(11-6-7-11)17-14(20)8-9-19-15(21)12-4-2-3-5-13(12)18-16(19)22/h2-5,10-11H,6-9H2,1H3,(H,17,20)(H,18,22). The number of benzene rings is 1. The molecule has 3 rings (SSSR count). The fraction of sp³-hybridized carbons (Fsp3) is 0.438. The number of aromatic nitrogens is 2. The lowest BCUT2D eigenvalue weighted by Gasteiger charge is -2.13. The Bertz CT molecular complexity index is 820. The lowest BCUT2D eigenvalue weighted by molar-refractivity contribution is -0.122.